The maximum Gasteiger partial charge on any atom is 0.109 e. The molecule has 0 bridgehead atoms. The largest absolute Gasteiger partial charge is 0.393 e. The van der Waals surface area contributed by atoms with Gasteiger partial charge in [0.25, 0.3) is 0 Å². The van der Waals surface area contributed by atoms with Crippen LogP contribution in [0.15, 0.2) is 6.20 Å². The second-order valence-corrected chi connectivity index (χ2v) is 5.58. The number of aliphatic hydroxyl groups excluding tert-OH is 1. The van der Waals surface area contributed by atoms with Crippen LogP contribution in [-0.2, 0) is 18.5 Å². The quantitative estimate of drug-likeness (QED) is 0.771. The Balaban J connectivity index is 1.85. The van der Waals surface area contributed by atoms with Gasteiger partial charge in [0.15, 0.2) is 0 Å². The SMILES string of the molecule is NC1(c2cn3c(n2)CCCC3)CCC(O)CC1. The third-order valence-electron chi connectivity index (χ3n) is 4.27. The summed E-state index contributed by atoms with van der Waals surface area (Å²) in [5.74, 6) is 1.20. The van der Waals surface area contributed by atoms with Gasteiger partial charge in [0.2, 0.25) is 0 Å². The molecule has 1 aliphatic heterocycles. The molecule has 1 aromatic heterocycles. The highest BCUT2D eigenvalue weighted by molar-refractivity contribution is 5.17. The summed E-state index contributed by atoms with van der Waals surface area (Å²) in [4.78, 5) is 4.73. The highest BCUT2D eigenvalue weighted by atomic mass is 16.3. The van der Waals surface area contributed by atoms with Gasteiger partial charge in [-0.15, -0.1) is 0 Å². The number of nitrogens with zero attached hydrogens (tertiary/aromatic N) is 2. The van der Waals surface area contributed by atoms with Gasteiger partial charge < -0.3 is 15.4 Å². The zero-order valence-electron chi connectivity index (χ0n) is 10.2. The summed E-state index contributed by atoms with van der Waals surface area (Å²) in [6.07, 6.45) is 8.87. The molecule has 4 nitrogen and oxygen atoms in total. The number of hydrogen-bond donors (Lipinski definition) is 2. The van der Waals surface area contributed by atoms with E-state index >= 15 is 0 Å². The van der Waals surface area contributed by atoms with Crippen molar-refractivity contribution < 1.29 is 5.11 Å². The number of rotatable bonds is 1. The van der Waals surface area contributed by atoms with Crippen molar-refractivity contribution in [1.29, 1.82) is 0 Å². The van der Waals surface area contributed by atoms with Crippen molar-refractivity contribution in [2.24, 2.45) is 5.73 Å². The van der Waals surface area contributed by atoms with E-state index in [1.165, 1.54) is 18.7 Å². The highest BCUT2D eigenvalue weighted by Gasteiger charge is 2.35. The van der Waals surface area contributed by atoms with Gasteiger partial charge in [0.05, 0.1) is 17.3 Å². The molecule has 1 aromatic rings. The van der Waals surface area contributed by atoms with Gasteiger partial charge in [0, 0.05) is 19.2 Å². The van der Waals surface area contributed by atoms with Crippen molar-refractivity contribution in [2.45, 2.75) is 63.1 Å². The molecule has 94 valence electrons. The van der Waals surface area contributed by atoms with E-state index in [2.05, 4.69) is 10.8 Å². The lowest BCUT2D eigenvalue weighted by Gasteiger charge is -2.34. The Labute approximate surface area is 102 Å². The Bertz CT molecular complexity index is 381. The van der Waals surface area contributed by atoms with E-state index in [1.807, 2.05) is 0 Å². The minimum Gasteiger partial charge on any atom is -0.393 e. The summed E-state index contributed by atoms with van der Waals surface area (Å²) in [5.41, 5.74) is 7.21. The predicted octanol–water partition coefficient (Wildman–Crippen LogP) is 1.31. The van der Waals surface area contributed by atoms with Crippen LogP contribution < -0.4 is 5.73 Å². The van der Waals surface area contributed by atoms with E-state index in [9.17, 15) is 5.11 Å². The number of aromatic nitrogens is 2. The van der Waals surface area contributed by atoms with Crippen molar-refractivity contribution >= 4 is 0 Å². The Kier molecular flexibility index (Phi) is 2.71. The Morgan fingerprint density at radius 2 is 2.12 bits per heavy atom. The van der Waals surface area contributed by atoms with Crippen molar-refractivity contribution in [3.63, 3.8) is 0 Å². The van der Waals surface area contributed by atoms with E-state index in [1.54, 1.807) is 0 Å². The number of aliphatic hydroxyl groups is 1. The fraction of sp³-hybridized carbons (Fsp3) is 0.769. The smallest absolute Gasteiger partial charge is 0.109 e. The molecule has 0 spiro atoms. The summed E-state index contributed by atoms with van der Waals surface area (Å²) >= 11 is 0. The first-order valence-electron chi connectivity index (χ1n) is 6.71. The minimum absolute atomic E-state index is 0.163. The molecule has 1 aliphatic carbocycles. The van der Waals surface area contributed by atoms with E-state index in [-0.39, 0.29) is 11.6 Å². The molecule has 1 saturated carbocycles. The average molecular weight is 235 g/mol. The summed E-state index contributed by atoms with van der Waals surface area (Å²) in [7, 11) is 0. The van der Waals surface area contributed by atoms with Crippen molar-refractivity contribution in [1.82, 2.24) is 9.55 Å². The van der Waals surface area contributed by atoms with Crippen LogP contribution >= 0.6 is 0 Å². The standard InChI is InChI=1S/C13H21N3O/c14-13(6-4-10(17)5-7-13)11-9-16-8-2-1-3-12(16)15-11/h9-10,17H,1-8,14H2. The first-order valence-corrected chi connectivity index (χ1v) is 6.71. The third kappa shape index (κ3) is 2.00. The van der Waals surface area contributed by atoms with Crippen LogP contribution in [0.5, 0.6) is 0 Å². The van der Waals surface area contributed by atoms with E-state index in [0.29, 0.717) is 0 Å². The van der Waals surface area contributed by atoms with Gasteiger partial charge in [-0.05, 0) is 38.5 Å². The van der Waals surface area contributed by atoms with E-state index in [0.717, 1.165) is 44.3 Å². The summed E-state index contributed by atoms with van der Waals surface area (Å²) in [6.45, 7) is 1.08. The number of imidazole rings is 1. The Morgan fingerprint density at radius 1 is 1.35 bits per heavy atom. The summed E-state index contributed by atoms with van der Waals surface area (Å²) in [6, 6.07) is 0. The molecule has 0 amide bonds. The van der Waals surface area contributed by atoms with Gasteiger partial charge in [-0.25, -0.2) is 4.98 Å². The number of hydrogen-bond acceptors (Lipinski definition) is 3. The monoisotopic (exact) mass is 235 g/mol. The molecule has 4 heteroatoms. The number of fused-ring (bicyclic) bond motifs is 1. The maximum atomic E-state index is 9.57. The summed E-state index contributed by atoms with van der Waals surface area (Å²) < 4.78 is 2.26. The third-order valence-corrected chi connectivity index (χ3v) is 4.27. The molecule has 2 aliphatic rings. The van der Waals surface area contributed by atoms with Gasteiger partial charge in [0.1, 0.15) is 5.82 Å². The predicted molar refractivity (Wildman–Crippen MR) is 65.5 cm³/mol. The molecule has 0 radical (unpaired) electrons. The normalized spacial score (nSPS) is 33.4. The lowest BCUT2D eigenvalue weighted by atomic mass is 9.79. The first kappa shape index (κ1) is 11.2. The molecule has 1 fully saturated rings. The van der Waals surface area contributed by atoms with E-state index in [4.69, 9.17) is 10.7 Å². The van der Waals surface area contributed by atoms with Crippen LogP contribution in [0.2, 0.25) is 0 Å². The minimum atomic E-state index is -0.302. The van der Waals surface area contributed by atoms with Crippen LogP contribution in [0.1, 0.15) is 50.0 Å². The lowest BCUT2D eigenvalue weighted by molar-refractivity contribution is 0.0957. The molecule has 0 saturated heterocycles. The molecule has 2 heterocycles. The Hall–Kier alpha value is -0.870. The van der Waals surface area contributed by atoms with Crippen LogP contribution in [-0.4, -0.2) is 20.8 Å². The molecule has 3 rings (SSSR count). The topological polar surface area (TPSA) is 64.1 Å². The highest BCUT2D eigenvalue weighted by Crippen LogP contribution is 2.35. The van der Waals surface area contributed by atoms with Crippen LogP contribution in [0.4, 0.5) is 0 Å². The zero-order chi connectivity index (χ0) is 11.9. The van der Waals surface area contributed by atoms with Crippen molar-refractivity contribution in [2.75, 3.05) is 0 Å². The molecule has 3 N–H and O–H groups in total. The van der Waals surface area contributed by atoms with Crippen molar-refractivity contribution in [3.8, 4) is 0 Å². The molecule has 17 heavy (non-hydrogen) atoms. The fourth-order valence-corrected chi connectivity index (χ4v) is 3.03. The summed E-state index contributed by atoms with van der Waals surface area (Å²) in [5, 5.41) is 9.57. The van der Waals surface area contributed by atoms with Crippen LogP contribution in [0.3, 0.4) is 0 Å². The first-order chi connectivity index (χ1) is 8.17. The van der Waals surface area contributed by atoms with Crippen LogP contribution in [0.25, 0.3) is 0 Å². The molecule has 0 unspecified atom stereocenters. The van der Waals surface area contributed by atoms with Gasteiger partial charge in [-0.1, -0.05) is 0 Å². The van der Waals surface area contributed by atoms with Gasteiger partial charge in [-0.2, -0.15) is 0 Å². The second-order valence-electron chi connectivity index (χ2n) is 5.58. The fourth-order valence-electron chi connectivity index (χ4n) is 3.03. The number of aryl methyl sites for hydroxylation is 2. The average Bonchev–Trinajstić information content (AvgIpc) is 2.77. The Morgan fingerprint density at radius 3 is 2.82 bits per heavy atom. The van der Waals surface area contributed by atoms with Gasteiger partial charge >= 0.3 is 0 Å². The molecular formula is C13H21N3O. The number of nitrogens with two attached hydrogens (primary N) is 1. The van der Waals surface area contributed by atoms with E-state index < -0.39 is 0 Å². The van der Waals surface area contributed by atoms with Crippen LogP contribution in [0, 0.1) is 0 Å². The maximum absolute atomic E-state index is 9.57. The van der Waals surface area contributed by atoms with Gasteiger partial charge in [-0.3, -0.25) is 0 Å². The molecule has 0 aromatic carbocycles. The zero-order valence-corrected chi connectivity index (χ0v) is 10.2. The lowest BCUT2D eigenvalue weighted by Crippen LogP contribution is -2.42. The molecular weight excluding hydrogens is 214 g/mol. The second kappa shape index (κ2) is 4.10. The molecule has 0 atom stereocenters. The van der Waals surface area contributed by atoms with Crippen molar-refractivity contribution in [3.05, 3.63) is 17.7 Å².